The quantitative estimate of drug-likeness (QED) is 0.581. The third kappa shape index (κ3) is 4.02. The normalized spacial score (nSPS) is 14.1. The molecule has 1 heteroatoms. The van der Waals surface area contributed by atoms with E-state index in [1.165, 1.54) is 11.3 Å². The van der Waals surface area contributed by atoms with Crippen LogP contribution in [-0.2, 0) is 0 Å². The number of rotatable bonds is 3. The molecule has 0 unspecified atom stereocenters. The summed E-state index contributed by atoms with van der Waals surface area (Å²) in [4.78, 5) is 2.10. The molecule has 68 valence electrons. The van der Waals surface area contributed by atoms with Crippen molar-refractivity contribution in [3.05, 3.63) is 35.6 Å². The van der Waals surface area contributed by atoms with Crippen LogP contribution in [0.1, 0.15) is 20.8 Å². The zero-order chi connectivity index (χ0) is 9.56. The van der Waals surface area contributed by atoms with Crippen molar-refractivity contribution in [1.82, 2.24) is 4.90 Å². The molecule has 0 spiro atoms. The van der Waals surface area contributed by atoms with Gasteiger partial charge in [0.25, 0.3) is 0 Å². The van der Waals surface area contributed by atoms with Crippen LogP contribution in [0.4, 0.5) is 0 Å². The number of hydrogen-bond acceptors (Lipinski definition) is 1. The van der Waals surface area contributed by atoms with Crippen molar-refractivity contribution in [1.29, 1.82) is 0 Å². The first-order valence-electron chi connectivity index (χ1n) is 4.26. The van der Waals surface area contributed by atoms with Crippen molar-refractivity contribution >= 4 is 0 Å². The van der Waals surface area contributed by atoms with E-state index in [2.05, 4.69) is 36.1 Å². The van der Waals surface area contributed by atoms with Crippen molar-refractivity contribution in [2.75, 3.05) is 14.1 Å². The molecule has 0 radical (unpaired) electrons. The second-order valence-electron chi connectivity index (χ2n) is 2.97. The van der Waals surface area contributed by atoms with Crippen molar-refractivity contribution in [2.45, 2.75) is 20.8 Å². The molecule has 0 saturated heterocycles. The predicted octanol–water partition coefficient (Wildman–Crippen LogP) is 2.97. The Hall–Kier alpha value is -0.980. The molecule has 0 aliphatic heterocycles. The highest BCUT2D eigenvalue weighted by molar-refractivity contribution is 5.24. The first-order chi connectivity index (χ1) is 5.61. The number of likely N-dealkylation sites (N-methyl/N-ethyl adjacent to an activating group) is 1. The lowest BCUT2D eigenvalue weighted by Crippen LogP contribution is -2.08. The smallest absolute Gasteiger partial charge is 0.0317 e. The van der Waals surface area contributed by atoms with Gasteiger partial charge in [-0.1, -0.05) is 23.8 Å². The molecule has 0 atom stereocenters. The SMILES string of the molecule is C\C=C(C)/C=C\C(=C/C)N(C)C. The first kappa shape index (κ1) is 11.0. The van der Waals surface area contributed by atoms with Crippen LogP contribution >= 0.6 is 0 Å². The molecule has 0 rings (SSSR count). The fraction of sp³-hybridized carbons (Fsp3) is 0.455. The maximum atomic E-state index is 2.12. The third-order valence-corrected chi connectivity index (χ3v) is 1.78. The summed E-state index contributed by atoms with van der Waals surface area (Å²) in [6, 6.07) is 0. The molecule has 0 N–H and O–H groups in total. The van der Waals surface area contributed by atoms with Crippen molar-refractivity contribution in [3.8, 4) is 0 Å². The van der Waals surface area contributed by atoms with E-state index in [0.717, 1.165) is 0 Å². The van der Waals surface area contributed by atoms with Gasteiger partial charge < -0.3 is 4.90 Å². The predicted molar refractivity (Wildman–Crippen MR) is 56.0 cm³/mol. The average Bonchev–Trinajstić information content (AvgIpc) is 2.04. The highest BCUT2D eigenvalue weighted by Gasteiger charge is 1.90. The molecular weight excluding hydrogens is 146 g/mol. The van der Waals surface area contributed by atoms with Crippen molar-refractivity contribution < 1.29 is 0 Å². The molecule has 0 aromatic rings. The van der Waals surface area contributed by atoms with Crippen LogP contribution < -0.4 is 0 Å². The molecule has 1 nitrogen and oxygen atoms in total. The van der Waals surface area contributed by atoms with E-state index in [-0.39, 0.29) is 0 Å². The Morgan fingerprint density at radius 1 is 1.00 bits per heavy atom. The lowest BCUT2D eigenvalue weighted by atomic mass is 10.2. The van der Waals surface area contributed by atoms with E-state index in [4.69, 9.17) is 0 Å². The molecule has 0 aromatic heterocycles. The zero-order valence-corrected chi connectivity index (χ0v) is 8.76. The summed E-state index contributed by atoms with van der Waals surface area (Å²) in [5, 5.41) is 0. The summed E-state index contributed by atoms with van der Waals surface area (Å²) in [6.45, 7) is 6.19. The van der Waals surface area contributed by atoms with Crippen LogP contribution in [0.5, 0.6) is 0 Å². The molecule has 0 amide bonds. The maximum absolute atomic E-state index is 2.12. The summed E-state index contributed by atoms with van der Waals surface area (Å²) in [5.41, 5.74) is 2.52. The molecule has 0 aliphatic carbocycles. The van der Waals surface area contributed by atoms with Gasteiger partial charge in [-0.25, -0.2) is 0 Å². The second kappa shape index (κ2) is 5.64. The largest absolute Gasteiger partial charge is 0.378 e. The minimum Gasteiger partial charge on any atom is -0.378 e. The molecule has 0 saturated carbocycles. The standard InChI is InChI=1S/C11H19N/c1-6-10(3)8-9-11(7-2)12(4)5/h6-9H,1-5H3/b9-8-,10-6-,11-7+. The second-order valence-corrected chi connectivity index (χ2v) is 2.97. The van der Waals surface area contributed by atoms with Gasteiger partial charge in [0.2, 0.25) is 0 Å². The van der Waals surface area contributed by atoms with Gasteiger partial charge in [0.1, 0.15) is 0 Å². The fourth-order valence-corrected chi connectivity index (χ4v) is 0.817. The van der Waals surface area contributed by atoms with Gasteiger partial charge in [-0.15, -0.1) is 0 Å². The van der Waals surface area contributed by atoms with Crippen LogP contribution in [0, 0.1) is 0 Å². The minimum atomic E-state index is 1.23. The van der Waals surface area contributed by atoms with E-state index >= 15 is 0 Å². The monoisotopic (exact) mass is 165 g/mol. The summed E-state index contributed by atoms with van der Waals surface area (Å²) in [7, 11) is 4.09. The molecule has 12 heavy (non-hydrogen) atoms. The molecule has 0 aliphatic rings. The number of allylic oxidation sites excluding steroid dienone is 5. The highest BCUT2D eigenvalue weighted by Crippen LogP contribution is 2.03. The maximum Gasteiger partial charge on any atom is 0.0317 e. The lowest BCUT2D eigenvalue weighted by Gasteiger charge is -2.12. The van der Waals surface area contributed by atoms with Gasteiger partial charge in [0, 0.05) is 19.8 Å². The van der Waals surface area contributed by atoms with Gasteiger partial charge >= 0.3 is 0 Å². The van der Waals surface area contributed by atoms with E-state index in [9.17, 15) is 0 Å². The molecule has 0 aromatic carbocycles. The van der Waals surface area contributed by atoms with Gasteiger partial charge in [0.05, 0.1) is 0 Å². The summed E-state index contributed by atoms with van der Waals surface area (Å²) >= 11 is 0. The van der Waals surface area contributed by atoms with E-state index in [0.29, 0.717) is 0 Å². The molecule has 0 bridgehead atoms. The van der Waals surface area contributed by atoms with Gasteiger partial charge in [-0.2, -0.15) is 0 Å². The highest BCUT2D eigenvalue weighted by atomic mass is 15.1. The third-order valence-electron chi connectivity index (χ3n) is 1.78. The zero-order valence-electron chi connectivity index (χ0n) is 8.76. The fourth-order valence-electron chi connectivity index (χ4n) is 0.817. The van der Waals surface area contributed by atoms with E-state index < -0.39 is 0 Å². The van der Waals surface area contributed by atoms with Crippen LogP contribution in [-0.4, -0.2) is 19.0 Å². The van der Waals surface area contributed by atoms with Crippen molar-refractivity contribution in [2.24, 2.45) is 0 Å². The van der Waals surface area contributed by atoms with Crippen molar-refractivity contribution in [3.63, 3.8) is 0 Å². The van der Waals surface area contributed by atoms with Gasteiger partial charge in [0.15, 0.2) is 0 Å². The molecule has 0 heterocycles. The Balaban J connectivity index is 4.32. The molecule has 0 fully saturated rings. The van der Waals surface area contributed by atoms with Crippen LogP contribution in [0.3, 0.4) is 0 Å². The van der Waals surface area contributed by atoms with E-state index in [1.807, 2.05) is 27.9 Å². The Bertz CT molecular complexity index is 207. The molecular formula is C11H19N. The first-order valence-corrected chi connectivity index (χ1v) is 4.26. The van der Waals surface area contributed by atoms with Crippen LogP contribution in [0.15, 0.2) is 35.6 Å². The van der Waals surface area contributed by atoms with Gasteiger partial charge in [-0.05, 0) is 26.8 Å². The summed E-state index contributed by atoms with van der Waals surface area (Å²) in [5.74, 6) is 0. The topological polar surface area (TPSA) is 3.24 Å². The Kier molecular flexibility index (Phi) is 5.18. The summed E-state index contributed by atoms with van der Waals surface area (Å²) < 4.78 is 0. The summed E-state index contributed by atoms with van der Waals surface area (Å²) in [6.07, 6.45) is 8.43. The van der Waals surface area contributed by atoms with Crippen LogP contribution in [0.25, 0.3) is 0 Å². The number of nitrogens with zero attached hydrogens (tertiary/aromatic N) is 1. The van der Waals surface area contributed by atoms with Crippen LogP contribution in [0.2, 0.25) is 0 Å². The Morgan fingerprint density at radius 3 is 1.92 bits per heavy atom. The van der Waals surface area contributed by atoms with E-state index in [1.54, 1.807) is 0 Å². The lowest BCUT2D eigenvalue weighted by molar-refractivity contribution is 0.529. The average molecular weight is 165 g/mol. The Morgan fingerprint density at radius 2 is 1.58 bits per heavy atom. The Labute approximate surface area is 76.1 Å². The van der Waals surface area contributed by atoms with Gasteiger partial charge in [-0.3, -0.25) is 0 Å². The number of hydrogen-bond donors (Lipinski definition) is 0. The minimum absolute atomic E-state index is 1.23.